The van der Waals surface area contributed by atoms with Crippen molar-refractivity contribution in [1.82, 2.24) is 10.9 Å². The van der Waals surface area contributed by atoms with E-state index >= 15 is 0 Å². The Labute approximate surface area is 172 Å². The summed E-state index contributed by atoms with van der Waals surface area (Å²) in [5, 5.41) is 14.3. The van der Waals surface area contributed by atoms with Crippen LogP contribution in [0, 0.1) is 0 Å². The fraction of sp³-hybridized carbons (Fsp3) is 0.0909. The third-order valence-corrected chi connectivity index (χ3v) is 4.69. The summed E-state index contributed by atoms with van der Waals surface area (Å²) in [5.74, 6) is 0.579. The van der Waals surface area contributed by atoms with Gasteiger partial charge in [0.1, 0.15) is 17.1 Å². The van der Waals surface area contributed by atoms with Gasteiger partial charge >= 0.3 is 0 Å². The van der Waals surface area contributed by atoms with Crippen LogP contribution in [0.1, 0.15) is 6.92 Å². The molecule has 146 valence electrons. The number of rotatable bonds is 4. The molecule has 0 fully saturated rings. The first-order valence-electron chi connectivity index (χ1n) is 9.15. The zero-order valence-electron chi connectivity index (χ0n) is 15.7. The summed E-state index contributed by atoms with van der Waals surface area (Å²) >= 11 is 5.23. The standard InChI is InChI=1S/C22H19N3O3S/c1-2-23-25-22(29)24-14-5-3-13(4-6-14)21-17-9-7-15(26)11-19(17)28-20-12-16(27)8-10-18(20)21/h3-12,23,26H,2H2,1H3,(H2,24,25,29). The molecule has 1 aliphatic carbocycles. The number of phenolic OH excluding ortho intramolecular Hbond substituents is 1. The topological polar surface area (TPSA) is 86.5 Å². The van der Waals surface area contributed by atoms with Crippen molar-refractivity contribution >= 4 is 34.0 Å². The third-order valence-electron chi connectivity index (χ3n) is 4.49. The fourth-order valence-electron chi connectivity index (χ4n) is 3.22. The summed E-state index contributed by atoms with van der Waals surface area (Å²) < 4.78 is 5.88. The molecule has 2 aromatic rings. The Bertz CT molecular complexity index is 1220. The maximum Gasteiger partial charge on any atom is 0.185 e. The molecule has 4 N–H and O–H groups in total. The molecular formula is C22H19N3O3S. The van der Waals surface area contributed by atoms with Crippen molar-refractivity contribution in [3.63, 3.8) is 0 Å². The number of thiocarbonyl (C=S) groups is 1. The highest BCUT2D eigenvalue weighted by molar-refractivity contribution is 7.80. The molecule has 1 heterocycles. The first kappa shape index (κ1) is 18.9. The van der Waals surface area contributed by atoms with Gasteiger partial charge in [0.15, 0.2) is 10.5 Å². The lowest BCUT2D eigenvalue weighted by atomic mass is 9.93. The summed E-state index contributed by atoms with van der Waals surface area (Å²) in [4.78, 5) is 11.8. The molecule has 7 heteroatoms. The van der Waals surface area contributed by atoms with E-state index in [2.05, 4.69) is 16.2 Å². The lowest BCUT2D eigenvalue weighted by molar-refractivity contribution is 0.474. The van der Waals surface area contributed by atoms with Crippen LogP contribution in [0.3, 0.4) is 0 Å². The Hall–Kier alpha value is -3.42. The van der Waals surface area contributed by atoms with Gasteiger partial charge in [0.25, 0.3) is 0 Å². The van der Waals surface area contributed by atoms with Gasteiger partial charge in [-0.2, -0.15) is 0 Å². The number of hydrazine groups is 1. The van der Waals surface area contributed by atoms with Gasteiger partial charge in [-0.3, -0.25) is 10.2 Å². The van der Waals surface area contributed by atoms with E-state index in [-0.39, 0.29) is 11.2 Å². The number of benzene rings is 3. The Morgan fingerprint density at radius 1 is 1.07 bits per heavy atom. The predicted molar refractivity (Wildman–Crippen MR) is 119 cm³/mol. The smallest absolute Gasteiger partial charge is 0.185 e. The molecule has 0 atom stereocenters. The number of aromatic hydroxyl groups is 1. The lowest BCUT2D eigenvalue weighted by Gasteiger charge is -2.16. The van der Waals surface area contributed by atoms with Gasteiger partial charge < -0.3 is 14.8 Å². The van der Waals surface area contributed by atoms with Crippen LogP contribution in [0.5, 0.6) is 5.75 Å². The maximum atomic E-state index is 11.8. The number of phenols is 1. The van der Waals surface area contributed by atoms with Crippen LogP contribution in [0.25, 0.3) is 33.4 Å². The summed E-state index contributed by atoms with van der Waals surface area (Å²) in [5.41, 5.74) is 9.77. The second-order valence-corrected chi connectivity index (χ2v) is 6.91. The average molecular weight is 405 g/mol. The van der Waals surface area contributed by atoms with Crippen molar-refractivity contribution in [3.05, 3.63) is 70.9 Å². The third kappa shape index (κ3) is 3.91. The van der Waals surface area contributed by atoms with Gasteiger partial charge in [0.2, 0.25) is 0 Å². The molecule has 0 saturated carbocycles. The number of fused-ring (bicyclic) bond motifs is 2. The highest BCUT2D eigenvalue weighted by Gasteiger charge is 2.17. The second-order valence-electron chi connectivity index (χ2n) is 6.50. The Kier molecular flexibility index (Phi) is 5.16. The maximum absolute atomic E-state index is 11.8. The van der Waals surface area contributed by atoms with Crippen LogP contribution in [0.15, 0.2) is 69.9 Å². The zero-order chi connectivity index (χ0) is 20.4. The Balaban J connectivity index is 1.80. The van der Waals surface area contributed by atoms with Crippen molar-refractivity contribution in [2.24, 2.45) is 0 Å². The molecule has 0 bridgehead atoms. The first-order chi connectivity index (χ1) is 14.0. The summed E-state index contributed by atoms with van der Waals surface area (Å²) in [6.07, 6.45) is 0. The van der Waals surface area contributed by atoms with Crippen LogP contribution < -0.4 is 21.6 Å². The number of hydrogen-bond acceptors (Lipinski definition) is 5. The van der Waals surface area contributed by atoms with Crippen molar-refractivity contribution in [2.75, 3.05) is 11.9 Å². The van der Waals surface area contributed by atoms with E-state index in [1.165, 1.54) is 12.1 Å². The molecule has 6 nitrogen and oxygen atoms in total. The van der Waals surface area contributed by atoms with Crippen LogP contribution in [0.4, 0.5) is 5.69 Å². The minimum atomic E-state index is -0.132. The van der Waals surface area contributed by atoms with Crippen molar-refractivity contribution in [2.45, 2.75) is 6.92 Å². The van der Waals surface area contributed by atoms with Gasteiger partial charge in [0, 0.05) is 40.9 Å². The van der Waals surface area contributed by atoms with Crippen LogP contribution >= 0.6 is 12.2 Å². The van der Waals surface area contributed by atoms with Crippen molar-refractivity contribution in [3.8, 4) is 28.2 Å². The van der Waals surface area contributed by atoms with E-state index in [9.17, 15) is 9.90 Å². The number of hydrogen-bond donors (Lipinski definition) is 4. The largest absolute Gasteiger partial charge is 0.508 e. The Morgan fingerprint density at radius 3 is 2.62 bits per heavy atom. The fourth-order valence-corrected chi connectivity index (χ4v) is 3.41. The monoisotopic (exact) mass is 405 g/mol. The zero-order valence-corrected chi connectivity index (χ0v) is 16.5. The predicted octanol–water partition coefficient (Wildman–Crippen LogP) is 4.08. The number of anilines is 1. The van der Waals surface area contributed by atoms with E-state index in [4.69, 9.17) is 16.6 Å². The van der Waals surface area contributed by atoms with Gasteiger partial charge in [-0.1, -0.05) is 19.1 Å². The van der Waals surface area contributed by atoms with Crippen molar-refractivity contribution in [1.29, 1.82) is 0 Å². The van der Waals surface area contributed by atoms with Crippen LogP contribution in [0.2, 0.25) is 0 Å². The summed E-state index contributed by atoms with van der Waals surface area (Å²) in [6, 6.07) is 17.6. The first-order valence-corrected chi connectivity index (χ1v) is 9.56. The molecule has 0 radical (unpaired) electrons. The van der Waals surface area contributed by atoms with E-state index in [0.717, 1.165) is 34.3 Å². The Morgan fingerprint density at radius 2 is 1.86 bits per heavy atom. The molecule has 29 heavy (non-hydrogen) atoms. The average Bonchev–Trinajstić information content (AvgIpc) is 2.71. The van der Waals surface area contributed by atoms with Gasteiger partial charge in [0.05, 0.1) is 0 Å². The molecule has 2 aliphatic rings. The molecular weight excluding hydrogens is 386 g/mol. The van der Waals surface area contributed by atoms with Gasteiger partial charge in [-0.15, -0.1) is 0 Å². The molecule has 0 saturated heterocycles. The minimum absolute atomic E-state index is 0.103. The molecule has 4 rings (SSSR count). The van der Waals surface area contributed by atoms with E-state index in [1.807, 2.05) is 37.3 Å². The summed E-state index contributed by atoms with van der Waals surface area (Å²) in [7, 11) is 0. The minimum Gasteiger partial charge on any atom is -0.508 e. The van der Waals surface area contributed by atoms with E-state index in [0.29, 0.717) is 16.5 Å². The van der Waals surface area contributed by atoms with Crippen molar-refractivity contribution < 1.29 is 9.52 Å². The van der Waals surface area contributed by atoms with Gasteiger partial charge in [-0.05, 0) is 54.2 Å². The molecule has 1 aliphatic heterocycles. The molecule has 0 spiro atoms. The lowest BCUT2D eigenvalue weighted by Crippen LogP contribution is -2.39. The highest BCUT2D eigenvalue weighted by atomic mass is 32.1. The van der Waals surface area contributed by atoms with Crippen LogP contribution in [-0.4, -0.2) is 16.8 Å². The normalized spacial score (nSPS) is 10.9. The van der Waals surface area contributed by atoms with E-state index in [1.54, 1.807) is 18.2 Å². The van der Waals surface area contributed by atoms with E-state index < -0.39 is 0 Å². The quantitative estimate of drug-likeness (QED) is 0.231. The molecule has 2 aromatic carbocycles. The SMILES string of the molecule is CCNNC(=S)Nc1ccc(-c2c3ccc(=O)cc-3oc3cc(O)ccc23)cc1. The summed E-state index contributed by atoms with van der Waals surface area (Å²) in [6.45, 7) is 2.72. The second kappa shape index (κ2) is 7.90. The van der Waals surface area contributed by atoms with Crippen LogP contribution in [-0.2, 0) is 0 Å². The highest BCUT2D eigenvalue weighted by Crippen LogP contribution is 2.40. The molecule has 0 unspecified atom stereocenters. The number of nitrogens with one attached hydrogen (secondary N) is 3. The molecule has 0 amide bonds. The van der Waals surface area contributed by atoms with Gasteiger partial charge in [-0.25, -0.2) is 5.43 Å². The molecule has 0 aromatic heterocycles.